The molecule has 19 heavy (non-hydrogen) atoms. The second kappa shape index (κ2) is 6.40. The van der Waals surface area contributed by atoms with Crippen molar-refractivity contribution >= 4 is 23.2 Å². The van der Waals surface area contributed by atoms with E-state index in [0.29, 0.717) is 17.6 Å². The van der Waals surface area contributed by atoms with Crippen molar-refractivity contribution in [2.45, 2.75) is 39.2 Å². The first-order valence-electron chi connectivity index (χ1n) is 6.86. The number of rotatable bonds is 3. The van der Waals surface area contributed by atoms with Crippen LogP contribution in [-0.2, 0) is 4.79 Å². The van der Waals surface area contributed by atoms with Gasteiger partial charge in [0.05, 0.1) is 6.54 Å². The van der Waals surface area contributed by atoms with Gasteiger partial charge in [0.15, 0.2) is 0 Å². The maximum Gasteiger partial charge on any atom is 0.238 e. The number of benzene rings is 1. The van der Waals surface area contributed by atoms with E-state index in [4.69, 9.17) is 11.6 Å². The van der Waals surface area contributed by atoms with Crippen LogP contribution in [0.5, 0.6) is 0 Å². The predicted octanol–water partition coefficient (Wildman–Crippen LogP) is 3.46. The summed E-state index contributed by atoms with van der Waals surface area (Å²) in [5.41, 5.74) is 1.79. The number of anilines is 1. The van der Waals surface area contributed by atoms with Gasteiger partial charge < -0.3 is 5.32 Å². The average molecular weight is 281 g/mol. The maximum atomic E-state index is 12.0. The lowest BCUT2D eigenvalue weighted by atomic mass is 10.0. The second-order valence-electron chi connectivity index (χ2n) is 5.33. The average Bonchev–Trinajstić information content (AvgIpc) is 2.37. The Balaban J connectivity index is 1.91. The van der Waals surface area contributed by atoms with Crippen molar-refractivity contribution in [1.82, 2.24) is 4.90 Å². The molecular formula is C15H21ClN2O. The van der Waals surface area contributed by atoms with Crippen molar-refractivity contribution in [2.24, 2.45) is 0 Å². The predicted molar refractivity (Wildman–Crippen MR) is 79.7 cm³/mol. The molecule has 0 spiro atoms. The standard InChI is InChI=1S/C15H21ClN2O/c1-11-6-7-13(9-14(11)16)17-15(19)10-18-8-4-3-5-12(18)2/h6-7,9,12H,3-5,8,10H2,1-2H3,(H,17,19). The van der Waals surface area contributed by atoms with Crippen LogP contribution in [0.1, 0.15) is 31.7 Å². The van der Waals surface area contributed by atoms with Gasteiger partial charge in [-0.1, -0.05) is 24.1 Å². The summed E-state index contributed by atoms with van der Waals surface area (Å²) in [6.45, 7) is 5.62. The van der Waals surface area contributed by atoms with Crippen LogP contribution >= 0.6 is 11.6 Å². The van der Waals surface area contributed by atoms with Crippen molar-refractivity contribution in [2.75, 3.05) is 18.4 Å². The summed E-state index contributed by atoms with van der Waals surface area (Å²) >= 11 is 6.05. The van der Waals surface area contributed by atoms with Gasteiger partial charge in [-0.3, -0.25) is 9.69 Å². The molecule has 2 rings (SSSR count). The molecule has 1 atom stereocenters. The molecule has 1 aromatic carbocycles. The normalized spacial score (nSPS) is 20.3. The minimum Gasteiger partial charge on any atom is -0.325 e. The van der Waals surface area contributed by atoms with Crippen molar-refractivity contribution in [3.8, 4) is 0 Å². The van der Waals surface area contributed by atoms with Crippen LogP contribution in [-0.4, -0.2) is 29.9 Å². The van der Waals surface area contributed by atoms with Gasteiger partial charge in [0, 0.05) is 16.8 Å². The zero-order chi connectivity index (χ0) is 13.8. The third kappa shape index (κ3) is 3.95. The lowest BCUT2D eigenvalue weighted by molar-refractivity contribution is -0.118. The first-order valence-corrected chi connectivity index (χ1v) is 7.24. The number of nitrogens with one attached hydrogen (secondary N) is 1. The molecule has 1 aliphatic rings. The lowest BCUT2D eigenvalue weighted by Gasteiger charge is -2.32. The summed E-state index contributed by atoms with van der Waals surface area (Å²) in [6.07, 6.45) is 3.64. The Kier molecular flexibility index (Phi) is 4.83. The highest BCUT2D eigenvalue weighted by atomic mass is 35.5. The molecular weight excluding hydrogens is 260 g/mol. The number of carbonyl (C=O) groups is 1. The third-order valence-corrected chi connectivity index (χ3v) is 4.15. The van der Waals surface area contributed by atoms with Crippen molar-refractivity contribution in [3.05, 3.63) is 28.8 Å². The van der Waals surface area contributed by atoms with Gasteiger partial charge in [-0.15, -0.1) is 0 Å². The Morgan fingerprint density at radius 2 is 2.26 bits per heavy atom. The molecule has 0 saturated carbocycles. The van der Waals surface area contributed by atoms with E-state index in [1.807, 2.05) is 19.1 Å². The minimum atomic E-state index is 0.0358. The molecule has 0 bridgehead atoms. The molecule has 1 unspecified atom stereocenters. The quantitative estimate of drug-likeness (QED) is 0.920. The number of halogens is 1. The summed E-state index contributed by atoms with van der Waals surface area (Å²) < 4.78 is 0. The molecule has 0 aliphatic carbocycles. The van der Waals surface area contributed by atoms with Gasteiger partial charge in [0.2, 0.25) is 5.91 Å². The fourth-order valence-electron chi connectivity index (χ4n) is 2.45. The van der Waals surface area contributed by atoms with Gasteiger partial charge in [-0.05, 0) is 50.9 Å². The van der Waals surface area contributed by atoms with E-state index in [1.54, 1.807) is 6.07 Å². The van der Waals surface area contributed by atoms with Crippen molar-refractivity contribution < 1.29 is 4.79 Å². The number of piperidine rings is 1. The molecule has 1 fully saturated rings. The van der Waals surface area contributed by atoms with Gasteiger partial charge >= 0.3 is 0 Å². The van der Waals surface area contributed by atoms with E-state index in [9.17, 15) is 4.79 Å². The van der Waals surface area contributed by atoms with Gasteiger partial charge in [0.25, 0.3) is 0 Å². The Labute approximate surface area is 119 Å². The Hall–Kier alpha value is -1.06. The van der Waals surface area contributed by atoms with Crippen LogP contribution in [0.4, 0.5) is 5.69 Å². The molecule has 3 nitrogen and oxygen atoms in total. The highest BCUT2D eigenvalue weighted by molar-refractivity contribution is 6.31. The number of likely N-dealkylation sites (tertiary alicyclic amines) is 1. The van der Waals surface area contributed by atoms with E-state index in [-0.39, 0.29) is 5.91 Å². The number of hydrogen-bond acceptors (Lipinski definition) is 2. The first-order chi connectivity index (χ1) is 9.06. The monoisotopic (exact) mass is 280 g/mol. The third-order valence-electron chi connectivity index (χ3n) is 3.74. The van der Waals surface area contributed by atoms with Crippen LogP contribution in [0.15, 0.2) is 18.2 Å². The van der Waals surface area contributed by atoms with E-state index in [1.165, 1.54) is 19.3 Å². The van der Waals surface area contributed by atoms with Crippen molar-refractivity contribution in [3.63, 3.8) is 0 Å². The molecule has 0 aromatic heterocycles. The molecule has 1 amide bonds. The van der Waals surface area contributed by atoms with E-state index < -0.39 is 0 Å². The number of amides is 1. The summed E-state index contributed by atoms with van der Waals surface area (Å²) in [6, 6.07) is 6.11. The smallest absolute Gasteiger partial charge is 0.238 e. The Bertz CT molecular complexity index is 461. The summed E-state index contributed by atoms with van der Waals surface area (Å²) in [5.74, 6) is 0.0358. The fraction of sp³-hybridized carbons (Fsp3) is 0.533. The SMILES string of the molecule is Cc1ccc(NC(=O)CN2CCCCC2C)cc1Cl. The zero-order valence-electron chi connectivity index (χ0n) is 11.6. The van der Waals surface area contributed by atoms with Crippen LogP contribution in [0.25, 0.3) is 0 Å². The Morgan fingerprint density at radius 1 is 1.47 bits per heavy atom. The molecule has 1 N–H and O–H groups in total. The number of hydrogen-bond donors (Lipinski definition) is 1. The maximum absolute atomic E-state index is 12.0. The van der Waals surface area contributed by atoms with Gasteiger partial charge in [-0.25, -0.2) is 0 Å². The molecule has 0 radical (unpaired) electrons. The van der Waals surface area contributed by atoms with E-state index >= 15 is 0 Å². The van der Waals surface area contributed by atoms with Crippen molar-refractivity contribution in [1.29, 1.82) is 0 Å². The van der Waals surface area contributed by atoms with Crippen LogP contribution in [0, 0.1) is 6.92 Å². The van der Waals surface area contributed by atoms with Crippen LogP contribution in [0.3, 0.4) is 0 Å². The highest BCUT2D eigenvalue weighted by Gasteiger charge is 2.20. The highest BCUT2D eigenvalue weighted by Crippen LogP contribution is 2.20. The number of carbonyl (C=O) groups excluding carboxylic acids is 1. The number of nitrogens with zero attached hydrogens (tertiary/aromatic N) is 1. The Morgan fingerprint density at radius 3 is 2.95 bits per heavy atom. The van der Waals surface area contributed by atoms with Gasteiger partial charge in [0.1, 0.15) is 0 Å². The molecule has 1 saturated heterocycles. The first kappa shape index (κ1) is 14.4. The van der Waals surface area contributed by atoms with Crippen LogP contribution in [0.2, 0.25) is 5.02 Å². The topological polar surface area (TPSA) is 32.3 Å². The van der Waals surface area contributed by atoms with Crippen LogP contribution < -0.4 is 5.32 Å². The largest absolute Gasteiger partial charge is 0.325 e. The van der Waals surface area contributed by atoms with E-state index in [0.717, 1.165) is 17.8 Å². The second-order valence-corrected chi connectivity index (χ2v) is 5.73. The van der Waals surface area contributed by atoms with E-state index in [2.05, 4.69) is 17.1 Å². The van der Waals surface area contributed by atoms with Gasteiger partial charge in [-0.2, -0.15) is 0 Å². The molecule has 1 aliphatic heterocycles. The minimum absolute atomic E-state index is 0.0358. The molecule has 1 heterocycles. The number of aryl methyl sites for hydroxylation is 1. The molecule has 1 aromatic rings. The molecule has 4 heteroatoms. The zero-order valence-corrected chi connectivity index (χ0v) is 12.3. The summed E-state index contributed by atoms with van der Waals surface area (Å²) in [4.78, 5) is 14.3. The lowest BCUT2D eigenvalue weighted by Crippen LogP contribution is -2.42. The summed E-state index contributed by atoms with van der Waals surface area (Å²) in [5, 5.41) is 3.60. The fourth-order valence-corrected chi connectivity index (χ4v) is 2.63. The summed E-state index contributed by atoms with van der Waals surface area (Å²) in [7, 11) is 0. The molecule has 104 valence electrons.